The summed E-state index contributed by atoms with van der Waals surface area (Å²) in [4.78, 5) is 73.0. The van der Waals surface area contributed by atoms with Gasteiger partial charge in [-0.1, -0.05) is 5.21 Å². The van der Waals surface area contributed by atoms with Gasteiger partial charge in [-0.3, -0.25) is 23.6 Å². The molecule has 6 N–H and O–H groups in total. The van der Waals surface area contributed by atoms with Crippen molar-refractivity contribution in [3.8, 4) is 0 Å². The molecule has 0 saturated carbocycles. The average molecular weight is 622 g/mol. The van der Waals surface area contributed by atoms with Crippen LogP contribution in [0, 0.1) is 0 Å². The number of hydrogen-bond acceptors (Lipinski definition) is 16. The molecule has 1 saturated heterocycles. The van der Waals surface area contributed by atoms with Gasteiger partial charge in [0.05, 0.1) is 6.61 Å². The SMILES string of the molecule is CC(=O)OC1C(COP(=O)(O)OP(=O)(O)OP(=O)(O)O)OC(n2nnc3c(N)nn(C)c3c2=O)C1OC(C)=O. The lowest BCUT2D eigenvalue weighted by Crippen LogP contribution is -2.42. The van der Waals surface area contributed by atoms with Crippen LogP contribution in [0.5, 0.6) is 0 Å². The molecule has 6 atom stereocenters. The molecular weight excluding hydrogens is 601 g/mol. The van der Waals surface area contributed by atoms with Gasteiger partial charge in [0.25, 0.3) is 5.56 Å². The topological polar surface area (TPSA) is 313 Å². The second kappa shape index (κ2) is 11.1. The molecule has 3 heterocycles. The van der Waals surface area contributed by atoms with E-state index in [1.54, 1.807) is 0 Å². The van der Waals surface area contributed by atoms with E-state index in [0.717, 1.165) is 18.5 Å². The van der Waals surface area contributed by atoms with E-state index in [4.69, 9.17) is 29.7 Å². The van der Waals surface area contributed by atoms with E-state index in [2.05, 4.69) is 28.6 Å². The predicted molar refractivity (Wildman–Crippen MR) is 120 cm³/mol. The van der Waals surface area contributed by atoms with Crippen LogP contribution in [0.3, 0.4) is 0 Å². The molecule has 1 aliphatic rings. The molecule has 39 heavy (non-hydrogen) atoms. The fourth-order valence-electron chi connectivity index (χ4n) is 3.44. The zero-order valence-electron chi connectivity index (χ0n) is 19.9. The smallest absolute Gasteiger partial charge is 0.456 e. The Morgan fingerprint density at radius 3 is 2.18 bits per heavy atom. The highest BCUT2D eigenvalue weighted by Gasteiger charge is 2.52. The lowest BCUT2D eigenvalue weighted by Gasteiger charge is -2.23. The van der Waals surface area contributed by atoms with Crippen molar-refractivity contribution in [1.82, 2.24) is 24.8 Å². The monoisotopic (exact) mass is 622 g/mol. The van der Waals surface area contributed by atoms with Gasteiger partial charge in [0.15, 0.2) is 35.3 Å². The number of hydrogen-bond donors (Lipinski definition) is 5. The van der Waals surface area contributed by atoms with Crippen LogP contribution < -0.4 is 11.3 Å². The zero-order valence-corrected chi connectivity index (χ0v) is 22.5. The van der Waals surface area contributed by atoms with E-state index in [-0.39, 0.29) is 16.9 Å². The Hall–Kier alpha value is -2.61. The summed E-state index contributed by atoms with van der Waals surface area (Å²) in [7, 11) is -15.7. The molecule has 0 aromatic carbocycles. The van der Waals surface area contributed by atoms with Crippen LogP contribution in [0.4, 0.5) is 5.82 Å². The fourth-order valence-corrected chi connectivity index (χ4v) is 6.47. The molecule has 218 valence electrons. The van der Waals surface area contributed by atoms with E-state index in [1.807, 2.05) is 0 Å². The standard InChI is InChI=1S/C14H21N6O16P3/c1-5(21)32-10-7(4-31-38(27,28)36-39(29,30)35-37(24,25)26)34-14(11(10)33-6(2)22)20-13(23)9-8(16-18-20)12(15)17-19(9)3/h7,10-11,14H,4H2,1-3H3,(H2,15,17)(H,27,28)(H,29,30)(H2,24,25,26). The first-order valence-electron chi connectivity index (χ1n) is 10.2. The van der Waals surface area contributed by atoms with Gasteiger partial charge in [0.1, 0.15) is 6.10 Å². The molecule has 22 nitrogen and oxygen atoms in total. The minimum Gasteiger partial charge on any atom is -0.456 e. The van der Waals surface area contributed by atoms with Gasteiger partial charge in [-0.15, -0.1) is 5.10 Å². The quantitative estimate of drug-likeness (QED) is 0.144. The molecule has 1 aliphatic heterocycles. The number of nitrogens with two attached hydrogens (primary N) is 1. The number of anilines is 1. The molecule has 6 unspecified atom stereocenters. The summed E-state index contributed by atoms with van der Waals surface area (Å²) in [6, 6.07) is 0. The van der Waals surface area contributed by atoms with Gasteiger partial charge >= 0.3 is 35.4 Å². The van der Waals surface area contributed by atoms with Gasteiger partial charge in [-0.05, 0) is 0 Å². The number of nitrogens with zero attached hydrogens (tertiary/aromatic N) is 5. The van der Waals surface area contributed by atoms with Gasteiger partial charge in [-0.2, -0.15) is 18.4 Å². The highest BCUT2D eigenvalue weighted by Crippen LogP contribution is 2.66. The first kappa shape index (κ1) is 30.9. The van der Waals surface area contributed by atoms with Crippen LogP contribution in [0.2, 0.25) is 0 Å². The van der Waals surface area contributed by atoms with Crippen molar-refractivity contribution in [2.75, 3.05) is 12.3 Å². The number of aromatic nitrogens is 5. The molecule has 0 amide bonds. The van der Waals surface area contributed by atoms with Crippen LogP contribution in [0.15, 0.2) is 4.79 Å². The molecular formula is C14H21N6O16P3. The van der Waals surface area contributed by atoms with Gasteiger partial charge in [0, 0.05) is 20.9 Å². The average Bonchev–Trinajstić information content (AvgIpc) is 3.20. The number of phosphoric acid groups is 3. The molecule has 0 spiro atoms. The maximum Gasteiger partial charge on any atom is 0.490 e. The maximum absolute atomic E-state index is 13.1. The molecule has 3 rings (SSSR count). The third kappa shape index (κ3) is 7.53. The van der Waals surface area contributed by atoms with E-state index >= 15 is 0 Å². The largest absolute Gasteiger partial charge is 0.490 e. The van der Waals surface area contributed by atoms with Crippen molar-refractivity contribution in [2.45, 2.75) is 38.4 Å². The molecule has 2 aromatic heterocycles. The molecule has 0 bridgehead atoms. The number of rotatable bonds is 10. The highest BCUT2D eigenvalue weighted by atomic mass is 31.3. The van der Waals surface area contributed by atoms with Crippen molar-refractivity contribution in [3.05, 3.63) is 10.4 Å². The Balaban J connectivity index is 1.95. The second-order valence-corrected chi connectivity index (χ2v) is 12.1. The number of ether oxygens (including phenoxy) is 3. The van der Waals surface area contributed by atoms with Crippen LogP contribution >= 0.6 is 23.5 Å². The van der Waals surface area contributed by atoms with E-state index in [9.17, 15) is 37.9 Å². The lowest BCUT2D eigenvalue weighted by atomic mass is 10.1. The van der Waals surface area contributed by atoms with Crippen LogP contribution in [0.1, 0.15) is 20.1 Å². The summed E-state index contributed by atoms with van der Waals surface area (Å²) < 4.78 is 63.9. The number of carbonyl (C=O) groups excluding carboxylic acids is 2. The van der Waals surface area contributed by atoms with Gasteiger partial charge in [0.2, 0.25) is 0 Å². The minimum absolute atomic E-state index is 0.0680. The van der Waals surface area contributed by atoms with Crippen molar-refractivity contribution < 1.29 is 70.2 Å². The van der Waals surface area contributed by atoms with E-state index < -0.39 is 72.1 Å². The normalized spacial score (nSPS) is 24.7. The number of fused-ring (bicyclic) bond motifs is 1. The summed E-state index contributed by atoms with van der Waals surface area (Å²) >= 11 is 0. The summed E-state index contributed by atoms with van der Waals surface area (Å²) in [5, 5.41) is 11.3. The Morgan fingerprint density at radius 1 is 1.03 bits per heavy atom. The van der Waals surface area contributed by atoms with Crippen molar-refractivity contribution in [2.24, 2.45) is 7.05 Å². The van der Waals surface area contributed by atoms with Crippen LogP contribution in [-0.2, 0) is 57.7 Å². The number of aryl methyl sites for hydroxylation is 1. The van der Waals surface area contributed by atoms with Gasteiger partial charge < -0.3 is 39.5 Å². The molecule has 25 heteroatoms. The Morgan fingerprint density at radius 2 is 1.62 bits per heavy atom. The zero-order chi connectivity index (χ0) is 29.5. The summed E-state index contributed by atoms with van der Waals surface area (Å²) in [6.45, 7) is 0.813. The van der Waals surface area contributed by atoms with Crippen LogP contribution in [0.25, 0.3) is 11.0 Å². The molecule has 1 fully saturated rings. The third-order valence-electron chi connectivity index (χ3n) is 4.65. The predicted octanol–water partition coefficient (Wildman–Crippen LogP) is -1.79. The molecule has 0 aliphatic carbocycles. The first-order chi connectivity index (χ1) is 17.8. The van der Waals surface area contributed by atoms with E-state index in [1.165, 1.54) is 7.05 Å². The number of carbonyl (C=O) groups is 2. The van der Waals surface area contributed by atoms with Crippen LogP contribution in [-0.4, -0.2) is 81.2 Å². The summed E-state index contributed by atoms with van der Waals surface area (Å²) in [5.74, 6) is -2.02. The minimum atomic E-state index is -5.84. The third-order valence-corrected chi connectivity index (χ3v) is 8.45. The Labute approximate surface area is 216 Å². The first-order valence-corrected chi connectivity index (χ1v) is 14.7. The molecule has 2 aromatic rings. The Bertz CT molecular complexity index is 1480. The lowest BCUT2D eigenvalue weighted by molar-refractivity contribution is -0.166. The second-order valence-electron chi connectivity index (χ2n) is 7.65. The fraction of sp³-hybridized carbons (Fsp3) is 0.571. The van der Waals surface area contributed by atoms with E-state index in [0.29, 0.717) is 4.68 Å². The summed E-state index contributed by atoms with van der Waals surface area (Å²) in [5.41, 5.74) is 4.58. The number of nitrogen functional groups attached to an aromatic ring is 1. The maximum atomic E-state index is 13.1. The number of phosphoric ester groups is 1. The highest BCUT2D eigenvalue weighted by molar-refractivity contribution is 7.66. The summed E-state index contributed by atoms with van der Waals surface area (Å²) in [6.07, 6.45) is -6.59. The van der Waals surface area contributed by atoms with Crippen molar-refractivity contribution in [1.29, 1.82) is 0 Å². The Kier molecular flexibility index (Phi) is 8.81. The molecule has 0 radical (unpaired) electrons. The van der Waals surface area contributed by atoms with Crippen molar-refractivity contribution in [3.63, 3.8) is 0 Å². The number of esters is 2. The van der Waals surface area contributed by atoms with Gasteiger partial charge in [-0.25, -0.2) is 13.7 Å². The van der Waals surface area contributed by atoms with Crippen molar-refractivity contribution >= 4 is 52.3 Å².